The number of carbonyl (C=O) groups is 1. The number of hydrogen-bond donors (Lipinski definition) is 2. The molecule has 32 heavy (non-hydrogen) atoms. The Morgan fingerprint density at radius 1 is 1.03 bits per heavy atom. The Morgan fingerprint density at radius 2 is 1.72 bits per heavy atom. The van der Waals surface area contributed by atoms with Crippen molar-refractivity contribution in [2.75, 3.05) is 5.32 Å². The van der Waals surface area contributed by atoms with Crippen LogP contribution in [0.15, 0.2) is 42.5 Å². The lowest BCUT2D eigenvalue weighted by Crippen LogP contribution is -2.41. The number of fused-ring (bicyclic) bond motifs is 2. The van der Waals surface area contributed by atoms with E-state index >= 15 is 0 Å². The zero-order valence-corrected chi connectivity index (χ0v) is 16.8. The van der Waals surface area contributed by atoms with Crippen molar-refractivity contribution in [2.45, 2.75) is 43.0 Å². The Morgan fingerprint density at radius 3 is 2.38 bits per heavy atom. The maximum Gasteiger partial charge on any atom is 0.416 e. The van der Waals surface area contributed by atoms with Crippen LogP contribution in [-0.2, 0) is 21.9 Å². The van der Waals surface area contributed by atoms with Crippen LogP contribution < -0.4 is 5.32 Å². The molecule has 0 saturated carbocycles. The molecule has 2 heterocycles. The second-order valence-corrected chi connectivity index (χ2v) is 8.27. The lowest BCUT2D eigenvalue weighted by Gasteiger charge is -2.30. The summed E-state index contributed by atoms with van der Waals surface area (Å²) in [5, 5.41) is 12.3. The van der Waals surface area contributed by atoms with Gasteiger partial charge in [0.05, 0.1) is 35.4 Å². The Kier molecular flexibility index (Phi) is 5.67. The minimum absolute atomic E-state index is 0.0849. The number of anilines is 1. The van der Waals surface area contributed by atoms with Gasteiger partial charge in [0.2, 0.25) is 5.91 Å². The van der Waals surface area contributed by atoms with E-state index in [0.29, 0.717) is 12.1 Å². The maximum absolute atomic E-state index is 13.2. The molecule has 0 aliphatic carbocycles. The number of ether oxygens (including phenoxy) is 1. The van der Waals surface area contributed by atoms with E-state index in [1.807, 2.05) is 0 Å². The van der Waals surface area contributed by atoms with Crippen molar-refractivity contribution in [2.24, 2.45) is 5.92 Å². The van der Waals surface area contributed by atoms with E-state index in [9.17, 15) is 36.2 Å². The zero-order chi connectivity index (χ0) is 23.4. The predicted octanol–water partition coefficient (Wildman–Crippen LogP) is 5.25. The summed E-state index contributed by atoms with van der Waals surface area (Å²) in [4.78, 5) is 13.0. The van der Waals surface area contributed by atoms with Gasteiger partial charge < -0.3 is 15.2 Å². The standard InChI is InChI=1S/C21H16ClF6NO3/c22-12-5-11(21(26,27)28)6-13(7-12)29-19(31)17-15-8-14(30)18(32-15)16(17)9-2-1-3-10(4-9)20(23,24)25/h1-7,14-18,30H,8H2,(H,29,31)/t14-,15+,16+,17-,18-/m0/s1. The summed E-state index contributed by atoms with van der Waals surface area (Å²) in [6.07, 6.45) is -11.9. The first-order chi connectivity index (χ1) is 14.8. The van der Waals surface area contributed by atoms with Crippen molar-refractivity contribution in [1.82, 2.24) is 0 Å². The monoisotopic (exact) mass is 479 g/mol. The Balaban J connectivity index is 1.65. The van der Waals surface area contributed by atoms with Gasteiger partial charge in [-0.15, -0.1) is 0 Å². The van der Waals surface area contributed by atoms with Crippen LogP contribution in [0, 0.1) is 5.92 Å². The summed E-state index contributed by atoms with van der Waals surface area (Å²) in [5.74, 6) is -2.66. The molecule has 0 spiro atoms. The number of benzene rings is 2. The smallest absolute Gasteiger partial charge is 0.390 e. The van der Waals surface area contributed by atoms with Gasteiger partial charge in [0.1, 0.15) is 0 Å². The number of carbonyl (C=O) groups excluding carboxylic acids is 1. The number of rotatable bonds is 3. The van der Waals surface area contributed by atoms with Gasteiger partial charge >= 0.3 is 12.4 Å². The first kappa shape index (κ1) is 22.9. The van der Waals surface area contributed by atoms with E-state index in [4.69, 9.17) is 16.3 Å². The fourth-order valence-corrected chi connectivity index (χ4v) is 4.65. The van der Waals surface area contributed by atoms with Gasteiger partial charge in [-0.05, 0) is 29.8 Å². The molecule has 5 atom stereocenters. The van der Waals surface area contributed by atoms with Crippen LogP contribution in [0.5, 0.6) is 0 Å². The van der Waals surface area contributed by atoms with Crippen LogP contribution in [-0.4, -0.2) is 29.3 Å². The number of alkyl halides is 6. The second-order valence-electron chi connectivity index (χ2n) is 7.83. The summed E-state index contributed by atoms with van der Waals surface area (Å²) in [6, 6.07) is 6.93. The van der Waals surface area contributed by atoms with E-state index in [1.165, 1.54) is 12.1 Å². The molecule has 4 rings (SSSR count). The van der Waals surface area contributed by atoms with Crippen molar-refractivity contribution < 1.29 is 41.0 Å². The fraction of sp³-hybridized carbons (Fsp3) is 0.381. The maximum atomic E-state index is 13.2. The van der Waals surface area contributed by atoms with Gasteiger partial charge in [-0.25, -0.2) is 0 Å². The number of nitrogens with one attached hydrogen (secondary N) is 1. The summed E-state index contributed by atoms with van der Waals surface area (Å²) in [5.41, 5.74) is -2.04. The highest BCUT2D eigenvalue weighted by molar-refractivity contribution is 6.31. The van der Waals surface area contributed by atoms with Crippen molar-refractivity contribution >= 4 is 23.2 Å². The highest BCUT2D eigenvalue weighted by Crippen LogP contribution is 2.50. The van der Waals surface area contributed by atoms with Gasteiger partial charge in [0.25, 0.3) is 0 Å². The molecule has 2 fully saturated rings. The van der Waals surface area contributed by atoms with Crippen molar-refractivity contribution in [3.63, 3.8) is 0 Å². The molecule has 0 unspecified atom stereocenters. The molecule has 2 bridgehead atoms. The molecule has 2 saturated heterocycles. The minimum atomic E-state index is -4.69. The minimum Gasteiger partial charge on any atom is -0.390 e. The second kappa shape index (κ2) is 7.93. The van der Waals surface area contributed by atoms with Gasteiger partial charge in [0, 0.05) is 23.0 Å². The third kappa shape index (κ3) is 4.31. The molecule has 11 heteroatoms. The summed E-state index contributed by atoms with van der Waals surface area (Å²) >= 11 is 5.75. The fourth-order valence-electron chi connectivity index (χ4n) is 4.41. The number of amides is 1. The number of aliphatic hydroxyl groups is 1. The molecule has 1 amide bonds. The zero-order valence-electron chi connectivity index (χ0n) is 16.0. The average molecular weight is 480 g/mol. The SMILES string of the molecule is O=C(Nc1cc(Cl)cc(C(F)(F)F)c1)[C@@H]1[C@@H](c2cccc(C(F)(F)F)c2)[C@H]2O[C@@H]1C[C@@H]2O. The summed E-state index contributed by atoms with van der Waals surface area (Å²) in [6.45, 7) is 0. The van der Waals surface area contributed by atoms with Gasteiger partial charge in [-0.3, -0.25) is 4.79 Å². The number of aliphatic hydroxyl groups excluding tert-OH is 1. The lowest BCUT2D eigenvalue weighted by atomic mass is 9.73. The lowest BCUT2D eigenvalue weighted by molar-refractivity contribution is -0.138. The van der Waals surface area contributed by atoms with Crippen LogP contribution in [0.25, 0.3) is 0 Å². The van der Waals surface area contributed by atoms with Crippen molar-refractivity contribution in [3.05, 3.63) is 64.2 Å². The molecule has 4 nitrogen and oxygen atoms in total. The predicted molar refractivity (Wildman–Crippen MR) is 102 cm³/mol. The van der Waals surface area contributed by atoms with Crippen LogP contribution in [0.4, 0.5) is 32.0 Å². The van der Waals surface area contributed by atoms with Gasteiger partial charge in [0.15, 0.2) is 0 Å². The molecule has 2 aromatic carbocycles. The Labute approximate surface area is 183 Å². The molecule has 0 radical (unpaired) electrons. The molecule has 2 aromatic rings. The van der Waals surface area contributed by atoms with Crippen LogP contribution in [0.3, 0.4) is 0 Å². The van der Waals surface area contributed by atoms with E-state index in [1.54, 1.807) is 0 Å². The molecule has 172 valence electrons. The Bertz CT molecular complexity index is 1040. The Hall–Kier alpha value is -2.30. The van der Waals surface area contributed by atoms with Gasteiger partial charge in [-0.1, -0.05) is 29.8 Å². The van der Waals surface area contributed by atoms with Crippen molar-refractivity contribution in [3.8, 4) is 0 Å². The van der Waals surface area contributed by atoms with E-state index < -0.39 is 59.5 Å². The van der Waals surface area contributed by atoms with E-state index in [2.05, 4.69) is 5.32 Å². The molecule has 2 N–H and O–H groups in total. The topological polar surface area (TPSA) is 58.6 Å². The third-order valence-corrected chi connectivity index (χ3v) is 5.94. The summed E-state index contributed by atoms with van der Waals surface area (Å²) < 4.78 is 84.3. The van der Waals surface area contributed by atoms with E-state index in [0.717, 1.165) is 18.2 Å². The molecule has 0 aromatic heterocycles. The molecular formula is C21H16ClF6NO3. The largest absolute Gasteiger partial charge is 0.416 e. The van der Waals surface area contributed by atoms with Crippen LogP contribution in [0.2, 0.25) is 5.02 Å². The van der Waals surface area contributed by atoms with Crippen LogP contribution in [0.1, 0.15) is 29.0 Å². The first-order valence-corrected chi connectivity index (χ1v) is 9.92. The molecular weight excluding hydrogens is 464 g/mol. The first-order valence-electron chi connectivity index (χ1n) is 9.54. The average Bonchev–Trinajstić information content (AvgIpc) is 3.23. The van der Waals surface area contributed by atoms with Crippen LogP contribution >= 0.6 is 11.6 Å². The number of hydrogen-bond acceptors (Lipinski definition) is 3. The highest BCUT2D eigenvalue weighted by atomic mass is 35.5. The third-order valence-electron chi connectivity index (χ3n) is 5.72. The normalized spacial score (nSPS) is 27.6. The summed E-state index contributed by atoms with van der Waals surface area (Å²) in [7, 11) is 0. The van der Waals surface area contributed by atoms with Gasteiger partial charge in [-0.2, -0.15) is 26.3 Å². The quantitative estimate of drug-likeness (QED) is 0.591. The van der Waals surface area contributed by atoms with Crippen molar-refractivity contribution in [1.29, 1.82) is 0 Å². The molecule has 2 aliphatic rings. The number of halogens is 7. The highest BCUT2D eigenvalue weighted by Gasteiger charge is 2.57. The van der Waals surface area contributed by atoms with E-state index in [-0.39, 0.29) is 22.7 Å². The molecule has 2 aliphatic heterocycles.